The summed E-state index contributed by atoms with van der Waals surface area (Å²) in [5.41, 5.74) is 1.02. The highest BCUT2D eigenvalue weighted by Gasteiger charge is 2.29. The molecule has 1 aromatic rings. The van der Waals surface area contributed by atoms with Gasteiger partial charge in [0.15, 0.2) is 0 Å². The Kier molecular flexibility index (Phi) is 4.53. The Hall–Kier alpha value is -1.61. The summed E-state index contributed by atoms with van der Waals surface area (Å²) in [7, 11) is 0. The lowest BCUT2D eigenvalue weighted by atomic mass is 10.1. The van der Waals surface area contributed by atoms with Gasteiger partial charge in [0.1, 0.15) is 12.6 Å². The van der Waals surface area contributed by atoms with Crippen LogP contribution in [0.5, 0.6) is 0 Å². The average Bonchev–Trinajstić information content (AvgIpc) is 2.86. The Morgan fingerprint density at radius 3 is 2.89 bits per heavy atom. The van der Waals surface area contributed by atoms with Gasteiger partial charge in [-0.25, -0.2) is 0 Å². The van der Waals surface area contributed by atoms with Gasteiger partial charge in [-0.1, -0.05) is 36.4 Å². The number of esters is 1. The molecule has 0 amide bonds. The summed E-state index contributed by atoms with van der Waals surface area (Å²) in [5.74, 6) is -0.148. The van der Waals surface area contributed by atoms with Gasteiger partial charge in [0.25, 0.3) is 0 Å². The molecular weight excluding hydrogens is 226 g/mol. The first-order valence-electron chi connectivity index (χ1n) is 6.37. The van der Waals surface area contributed by atoms with E-state index in [1.54, 1.807) is 0 Å². The van der Waals surface area contributed by atoms with E-state index in [1.807, 2.05) is 36.4 Å². The molecule has 0 aromatic heterocycles. The number of carbonyl (C=O) groups excluding carboxylic acids is 1. The largest absolute Gasteiger partial charge is 0.460 e. The van der Waals surface area contributed by atoms with Crippen molar-refractivity contribution >= 4 is 5.97 Å². The first-order valence-corrected chi connectivity index (χ1v) is 6.37. The van der Waals surface area contributed by atoms with E-state index in [1.165, 1.54) is 0 Å². The van der Waals surface area contributed by atoms with Crippen LogP contribution in [0, 0.1) is 0 Å². The fourth-order valence-corrected chi connectivity index (χ4v) is 2.22. The Morgan fingerprint density at radius 2 is 2.17 bits per heavy atom. The average molecular weight is 245 g/mol. The second-order valence-electron chi connectivity index (χ2n) is 4.61. The fourth-order valence-electron chi connectivity index (χ4n) is 2.22. The van der Waals surface area contributed by atoms with Crippen molar-refractivity contribution in [3.05, 3.63) is 48.6 Å². The summed E-state index contributed by atoms with van der Waals surface area (Å²) in [6.07, 6.45) is 4.65. The van der Waals surface area contributed by atoms with Crippen molar-refractivity contribution in [2.75, 3.05) is 0 Å². The van der Waals surface area contributed by atoms with Crippen molar-refractivity contribution in [2.24, 2.45) is 0 Å². The number of ether oxygens (including phenoxy) is 1. The molecule has 3 heteroatoms. The number of carbonyl (C=O) groups is 1. The highest BCUT2D eigenvalue weighted by Crippen LogP contribution is 2.16. The van der Waals surface area contributed by atoms with Crippen LogP contribution >= 0.6 is 0 Å². The summed E-state index contributed by atoms with van der Waals surface area (Å²) in [6, 6.07) is 9.96. The molecule has 3 nitrogen and oxygen atoms in total. The summed E-state index contributed by atoms with van der Waals surface area (Å²) < 4.78 is 5.31. The number of benzene rings is 1. The van der Waals surface area contributed by atoms with Crippen molar-refractivity contribution in [3.63, 3.8) is 0 Å². The normalized spacial score (nSPS) is 22.7. The molecular formula is C15H19NO2. The van der Waals surface area contributed by atoms with Gasteiger partial charge in [0, 0.05) is 6.04 Å². The van der Waals surface area contributed by atoms with E-state index in [2.05, 4.69) is 11.9 Å². The third kappa shape index (κ3) is 3.44. The second-order valence-corrected chi connectivity index (χ2v) is 4.61. The zero-order valence-corrected chi connectivity index (χ0v) is 10.5. The van der Waals surface area contributed by atoms with Crippen LogP contribution in [0.4, 0.5) is 0 Å². The van der Waals surface area contributed by atoms with E-state index >= 15 is 0 Å². The van der Waals surface area contributed by atoms with Crippen LogP contribution in [0.2, 0.25) is 0 Å². The molecule has 0 bridgehead atoms. The standard InChI is InChI=1S/C15H19NO2/c1-2-6-13-9-10-14(16-13)15(17)18-11-12-7-4-3-5-8-12/h2-5,7-8,13-14,16H,1,6,9-11H2/t13-,14-/m0/s1. The Bertz CT molecular complexity index is 402. The molecule has 0 saturated carbocycles. The molecule has 0 spiro atoms. The van der Waals surface area contributed by atoms with Crippen LogP contribution in [0.15, 0.2) is 43.0 Å². The predicted octanol–water partition coefficient (Wildman–Crippen LogP) is 2.43. The maximum absolute atomic E-state index is 11.9. The molecule has 0 unspecified atom stereocenters. The SMILES string of the molecule is C=CC[C@H]1CC[C@@H](C(=O)OCc2ccccc2)N1. The summed E-state index contributed by atoms with van der Waals surface area (Å²) >= 11 is 0. The summed E-state index contributed by atoms with van der Waals surface area (Å²) in [4.78, 5) is 11.9. The molecule has 0 radical (unpaired) electrons. The molecule has 1 aromatic carbocycles. The molecule has 2 atom stereocenters. The van der Waals surface area contributed by atoms with Gasteiger partial charge in [-0.15, -0.1) is 6.58 Å². The van der Waals surface area contributed by atoms with Crippen LogP contribution < -0.4 is 5.32 Å². The van der Waals surface area contributed by atoms with Crippen molar-refractivity contribution < 1.29 is 9.53 Å². The number of hydrogen-bond acceptors (Lipinski definition) is 3. The van der Waals surface area contributed by atoms with Crippen molar-refractivity contribution in [1.29, 1.82) is 0 Å². The third-order valence-corrected chi connectivity index (χ3v) is 3.20. The minimum absolute atomic E-state index is 0.148. The van der Waals surface area contributed by atoms with Gasteiger partial charge in [0.05, 0.1) is 0 Å². The lowest BCUT2D eigenvalue weighted by Gasteiger charge is -2.12. The van der Waals surface area contributed by atoms with Crippen LogP contribution in [-0.4, -0.2) is 18.1 Å². The Labute approximate surface area is 108 Å². The topological polar surface area (TPSA) is 38.3 Å². The van der Waals surface area contributed by atoms with E-state index < -0.39 is 0 Å². The van der Waals surface area contributed by atoms with Gasteiger partial charge in [-0.05, 0) is 24.8 Å². The van der Waals surface area contributed by atoms with Gasteiger partial charge < -0.3 is 10.1 Å². The molecule has 0 aliphatic carbocycles. The van der Waals surface area contributed by atoms with Gasteiger partial charge in [0.2, 0.25) is 0 Å². The lowest BCUT2D eigenvalue weighted by molar-refractivity contribution is -0.147. The van der Waals surface area contributed by atoms with Crippen molar-refractivity contribution in [3.8, 4) is 0 Å². The monoisotopic (exact) mass is 245 g/mol. The number of nitrogens with one attached hydrogen (secondary N) is 1. The maximum Gasteiger partial charge on any atom is 0.323 e. The van der Waals surface area contributed by atoms with Crippen LogP contribution in [-0.2, 0) is 16.1 Å². The van der Waals surface area contributed by atoms with E-state index in [4.69, 9.17) is 4.74 Å². The van der Waals surface area contributed by atoms with Crippen molar-refractivity contribution in [1.82, 2.24) is 5.32 Å². The van der Waals surface area contributed by atoms with Gasteiger partial charge in [-0.2, -0.15) is 0 Å². The molecule has 1 fully saturated rings. The van der Waals surface area contributed by atoms with Crippen LogP contribution in [0.25, 0.3) is 0 Å². The number of rotatable bonds is 5. The second kappa shape index (κ2) is 6.36. The first-order chi connectivity index (χ1) is 8.79. The zero-order valence-electron chi connectivity index (χ0n) is 10.5. The Morgan fingerprint density at radius 1 is 1.39 bits per heavy atom. The lowest BCUT2D eigenvalue weighted by Crippen LogP contribution is -2.36. The van der Waals surface area contributed by atoms with E-state index in [0.717, 1.165) is 24.8 Å². The molecule has 1 heterocycles. The summed E-state index contributed by atoms with van der Waals surface area (Å²) in [6.45, 7) is 4.07. The van der Waals surface area contributed by atoms with Crippen molar-refractivity contribution in [2.45, 2.75) is 38.0 Å². The smallest absolute Gasteiger partial charge is 0.323 e. The minimum atomic E-state index is -0.154. The van der Waals surface area contributed by atoms with E-state index in [-0.39, 0.29) is 12.0 Å². The van der Waals surface area contributed by atoms with Crippen LogP contribution in [0.1, 0.15) is 24.8 Å². The predicted molar refractivity (Wildman–Crippen MR) is 71.0 cm³/mol. The number of hydrogen-bond donors (Lipinski definition) is 1. The Balaban J connectivity index is 1.77. The first kappa shape index (κ1) is 12.8. The molecule has 1 aliphatic heterocycles. The quantitative estimate of drug-likeness (QED) is 0.639. The molecule has 1 saturated heterocycles. The highest BCUT2D eigenvalue weighted by molar-refractivity contribution is 5.76. The van der Waals surface area contributed by atoms with E-state index in [0.29, 0.717) is 12.6 Å². The minimum Gasteiger partial charge on any atom is -0.460 e. The molecule has 96 valence electrons. The molecule has 1 N–H and O–H groups in total. The fraction of sp³-hybridized carbons (Fsp3) is 0.400. The molecule has 18 heavy (non-hydrogen) atoms. The van der Waals surface area contributed by atoms with Gasteiger partial charge in [-0.3, -0.25) is 4.79 Å². The third-order valence-electron chi connectivity index (χ3n) is 3.20. The molecule has 2 rings (SSSR count). The maximum atomic E-state index is 11.9. The summed E-state index contributed by atoms with van der Waals surface area (Å²) in [5, 5.41) is 3.28. The van der Waals surface area contributed by atoms with Gasteiger partial charge >= 0.3 is 5.97 Å². The van der Waals surface area contributed by atoms with Crippen LogP contribution in [0.3, 0.4) is 0 Å². The highest BCUT2D eigenvalue weighted by atomic mass is 16.5. The van der Waals surface area contributed by atoms with E-state index in [9.17, 15) is 4.79 Å². The zero-order chi connectivity index (χ0) is 12.8. The molecule has 1 aliphatic rings.